The van der Waals surface area contributed by atoms with E-state index in [0.29, 0.717) is 4.91 Å². The van der Waals surface area contributed by atoms with Crippen molar-refractivity contribution in [2.24, 2.45) is 5.92 Å². The quantitative estimate of drug-likeness (QED) is 0.566. The van der Waals surface area contributed by atoms with E-state index in [0.717, 1.165) is 12.8 Å². The summed E-state index contributed by atoms with van der Waals surface area (Å²) in [5.74, 6) is 0.00347. The van der Waals surface area contributed by atoms with E-state index in [1.807, 2.05) is 12.2 Å². The maximum Gasteiger partial charge on any atom is 0.237 e. The normalized spacial score (nSPS) is 38.2. The fourth-order valence-electron chi connectivity index (χ4n) is 1.75. The van der Waals surface area contributed by atoms with Crippen molar-refractivity contribution in [3.05, 3.63) is 23.6 Å². The van der Waals surface area contributed by atoms with Gasteiger partial charge in [-0.05, 0) is 12.8 Å². The molecule has 3 nitrogen and oxygen atoms in total. The lowest BCUT2D eigenvalue weighted by Crippen LogP contribution is -2.29. The smallest absolute Gasteiger partial charge is 0.207 e. The summed E-state index contributed by atoms with van der Waals surface area (Å²) in [4.78, 5) is 0.323. The average Bonchev–Trinajstić information content (AvgIpc) is 2.24. The van der Waals surface area contributed by atoms with Crippen LogP contribution in [-0.4, -0.2) is 14.5 Å². The molecule has 1 aliphatic heterocycles. The van der Waals surface area contributed by atoms with Gasteiger partial charge >= 0.3 is 0 Å². The molecule has 1 N–H and O–H groups in total. The van der Waals surface area contributed by atoms with Crippen molar-refractivity contribution in [2.75, 3.05) is 0 Å². The minimum atomic E-state index is -3.20. The second-order valence-electron chi connectivity index (χ2n) is 3.23. The Bertz CT molecular complexity index is 342. The molecule has 12 heavy (non-hydrogen) atoms. The van der Waals surface area contributed by atoms with E-state index < -0.39 is 10.0 Å². The van der Waals surface area contributed by atoms with Crippen LogP contribution in [0, 0.1) is 5.92 Å². The van der Waals surface area contributed by atoms with E-state index in [1.165, 1.54) is 0 Å². The third-order valence-corrected chi connectivity index (χ3v) is 4.02. The van der Waals surface area contributed by atoms with Gasteiger partial charge in [-0.1, -0.05) is 18.7 Å². The van der Waals surface area contributed by atoms with Gasteiger partial charge in [0, 0.05) is 12.0 Å². The predicted octanol–water partition coefficient (Wildman–Crippen LogP) is 0.768. The highest BCUT2D eigenvalue weighted by atomic mass is 32.2. The van der Waals surface area contributed by atoms with Crippen molar-refractivity contribution >= 4 is 10.0 Å². The van der Waals surface area contributed by atoms with Crippen LogP contribution in [0.3, 0.4) is 0 Å². The summed E-state index contributed by atoms with van der Waals surface area (Å²) >= 11 is 0. The zero-order chi connectivity index (χ0) is 8.77. The second-order valence-corrected chi connectivity index (χ2v) is 4.99. The van der Waals surface area contributed by atoms with Gasteiger partial charge in [0.2, 0.25) is 10.0 Å². The summed E-state index contributed by atoms with van der Waals surface area (Å²) in [6.07, 6.45) is 5.80. The van der Waals surface area contributed by atoms with Gasteiger partial charge in [-0.15, -0.1) is 0 Å². The van der Waals surface area contributed by atoms with E-state index in [1.54, 1.807) is 0 Å². The van der Waals surface area contributed by atoms with Crippen LogP contribution in [-0.2, 0) is 10.0 Å². The Labute approximate surface area is 72.2 Å². The van der Waals surface area contributed by atoms with Gasteiger partial charge in [0.15, 0.2) is 0 Å². The Kier molecular flexibility index (Phi) is 1.63. The number of hydrogen-bond acceptors (Lipinski definition) is 2. The van der Waals surface area contributed by atoms with E-state index in [-0.39, 0.29) is 12.0 Å². The van der Waals surface area contributed by atoms with Gasteiger partial charge in [0.05, 0.1) is 4.91 Å². The standard InChI is InChI=1S/C8H11NO2S/c1-6-7-4-2-3-5-8(7)9-12(6,10)11/h2,4,7-9H,1,3,5H2/t7-,8-/m0/s1. The lowest BCUT2D eigenvalue weighted by molar-refractivity contribution is 0.502. The van der Waals surface area contributed by atoms with Crippen LogP contribution in [0.2, 0.25) is 0 Å². The molecule has 66 valence electrons. The molecule has 1 heterocycles. The lowest BCUT2D eigenvalue weighted by Gasteiger charge is -2.17. The van der Waals surface area contributed by atoms with Gasteiger partial charge in [-0.3, -0.25) is 0 Å². The van der Waals surface area contributed by atoms with Crippen LogP contribution in [0.4, 0.5) is 0 Å². The monoisotopic (exact) mass is 185 g/mol. The third-order valence-electron chi connectivity index (χ3n) is 2.44. The number of rotatable bonds is 0. The van der Waals surface area contributed by atoms with E-state index >= 15 is 0 Å². The molecule has 1 fully saturated rings. The van der Waals surface area contributed by atoms with Gasteiger partial charge in [-0.25, -0.2) is 13.1 Å². The van der Waals surface area contributed by atoms with Crippen LogP contribution in [0.15, 0.2) is 23.6 Å². The minimum Gasteiger partial charge on any atom is -0.207 e. The largest absolute Gasteiger partial charge is 0.237 e. The topological polar surface area (TPSA) is 46.2 Å². The molecule has 1 saturated heterocycles. The van der Waals surface area contributed by atoms with Crippen LogP contribution in [0.25, 0.3) is 0 Å². The van der Waals surface area contributed by atoms with Crippen molar-refractivity contribution < 1.29 is 8.42 Å². The first-order chi connectivity index (χ1) is 5.61. The highest BCUT2D eigenvalue weighted by molar-refractivity contribution is 7.93. The Balaban J connectivity index is 2.41. The van der Waals surface area contributed by atoms with E-state index in [9.17, 15) is 8.42 Å². The Hall–Kier alpha value is -0.610. The molecule has 0 aromatic heterocycles. The summed E-state index contributed by atoms with van der Waals surface area (Å²) in [5.41, 5.74) is 0. The molecular weight excluding hydrogens is 174 g/mol. The second kappa shape index (κ2) is 2.44. The van der Waals surface area contributed by atoms with Crippen molar-refractivity contribution in [1.29, 1.82) is 0 Å². The van der Waals surface area contributed by atoms with E-state index in [4.69, 9.17) is 0 Å². The molecule has 0 unspecified atom stereocenters. The molecule has 0 saturated carbocycles. The Morgan fingerprint density at radius 1 is 1.58 bits per heavy atom. The number of allylic oxidation sites excluding steroid dienone is 1. The first-order valence-electron chi connectivity index (χ1n) is 3.99. The molecule has 0 radical (unpaired) electrons. The molecular formula is C8H11NO2S. The van der Waals surface area contributed by atoms with Crippen molar-refractivity contribution in [3.8, 4) is 0 Å². The fraction of sp³-hybridized carbons (Fsp3) is 0.500. The summed E-state index contributed by atoms with van der Waals surface area (Å²) in [6, 6.07) is 0.0625. The maximum atomic E-state index is 11.3. The Morgan fingerprint density at radius 3 is 3.00 bits per heavy atom. The van der Waals surface area contributed by atoms with Gasteiger partial charge < -0.3 is 0 Å². The highest BCUT2D eigenvalue weighted by Crippen LogP contribution is 2.33. The molecule has 0 bridgehead atoms. The number of hydrogen-bond donors (Lipinski definition) is 1. The highest BCUT2D eigenvalue weighted by Gasteiger charge is 2.39. The van der Waals surface area contributed by atoms with Crippen LogP contribution in [0.5, 0.6) is 0 Å². The molecule has 2 atom stereocenters. The van der Waals surface area contributed by atoms with Crippen molar-refractivity contribution in [2.45, 2.75) is 18.9 Å². The Morgan fingerprint density at radius 2 is 2.33 bits per heavy atom. The van der Waals surface area contributed by atoms with E-state index in [2.05, 4.69) is 11.3 Å². The number of nitrogens with one attached hydrogen (secondary N) is 1. The summed E-state index contributed by atoms with van der Waals surface area (Å²) in [6.45, 7) is 3.59. The van der Waals surface area contributed by atoms with Crippen molar-refractivity contribution in [3.63, 3.8) is 0 Å². The molecule has 0 amide bonds. The van der Waals surface area contributed by atoms with Crippen LogP contribution < -0.4 is 4.72 Å². The minimum absolute atomic E-state index is 0.00347. The number of sulfonamides is 1. The van der Waals surface area contributed by atoms with Crippen molar-refractivity contribution in [1.82, 2.24) is 4.72 Å². The van der Waals surface area contributed by atoms with Crippen LogP contribution >= 0.6 is 0 Å². The first-order valence-corrected chi connectivity index (χ1v) is 5.47. The fourth-order valence-corrected chi connectivity index (χ4v) is 3.17. The summed E-state index contributed by atoms with van der Waals surface area (Å²) in [5, 5.41) is 0. The molecule has 2 aliphatic rings. The SMILES string of the molecule is C=C1[C@@H]2C=CCC[C@@H]2NS1(=O)=O. The first kappa shape index (κ1) is 8.01. The molecule has 0 aromatic rings. The molecule has 0 aromatic carbocycles. The molecule has 1 aliphatic carbocycles. The zero-order valence-electron chi connectivity index (χ0n) is 6.66. The molecule has 4 heteroatoms. The predicted molar refractivity (Wildman–Crippen MR) is 46.8 cm³/mol. The molecule has 2 rings (SSSR count). The summed E-state index contributed by atoms with van der Waals surface area (Å²) < 4.78 is 25.2. The zero-order valence-corrected chi connectivity index (χ0v) is 7.47. The summed E-state index contributed by atoms with van der Waals surface area (Å²) in [7, 11) is -3.20. The average molecular weight is 185 g/mol. The third kappa shape index (κ3) is 1.03. The van der Waals surface area contributed by atoms with Gasteiger partial charge in [0.1, 0.15) is 0 Å². The van der Waals surface area contributed by atoms with Crippen LogP contribution in [0.1, 0.15) is 12.8 Å². The van der Waals surface area contributed by atoms with Gasteiger partial charge in [-0.2, -0.15) is 0 Å². The molecule has 0 spiro atoms. The lowest BCUT2D eigenvalue weighted by atomic mass is 9.91. The number of fused-ring (bicyclic) bond motifs is 1. The maximum absolute atomic E-state index is 11.3. The van der Waals surface area contributed by atoms with Gasteiger partial charge in [0.25, 0.3) is 0 Å².